The molecule has 2 aliphatic heterocycles. The van der Waals surface area contributed by atoms with Crippen molar-refractivity contribution in [3.05, 3.63) is 42.0 Å². The molecule has 26 heavy (non-hydrogen) atoms. The first kappa shape index (κ1) is 17.3. The monoisotopic (exact) mass is 358 g/mol. The minimum atomic E-state index is 0.0769. The van der Waals surface area contributed by atoms with Crippen molar-refractivity contribution in [2.45, 2.75) is 25.6 Å². The third-order valence-electron chi connectivity index (χ3n) is 5.16. The summed E-state index contributed by atoms with van der Waals surface area (Å²) in [5.74, 6) is 1.67. The van der Waals surface area contributed by atoms with Gasteiger partial charge in [-0.3, -0.25) is 4.90 Å². The Hall–Kier alpha value is -2.09. The quantitative estimate of drug-likeness (QED) is 0.848. The van der Waals surface area contributed by atoms with Crippen LogP contribution in [-0.2, 0) is 18.3 Å². The van der Waals surface area contributed by atoms with Crippen molar-refractivity contribution < 1.29 is 14.2 Å². The minimum absolute atomic E-state index is 0.0769. The molecule has 3 heterocycles. The fourth-order valence-electron chi connectivity index (χ4n) is 3.82. The van der Waals surface area contributed by atoms with E-state index in [4.69, 9.17) is 14.2 Å². The molecular weight excluding hydrogens is 332 g/mol. The predicted molar refractivity (Wildman–Crippen MR) is 97.2 cm³/mol. The number of rotatable bonds is 6. The highest BCUT2D eigenvalue weighted by Crippen LogP contribution is 2.35. The molecule has 1 N–H and O–H groups in total. The molecule has 4 rings (SSSR count). The highest BCUT2D eigenvalue weighted by atomic mass is 16.7. The van der Waals surface area contributed by atoms with Crippen LogP contribution >= 0.6 is 0 Å². The first-order valence-electron chi connectivity index (χ1n) is 9.18. The van der Waals surface area contributed by atoms with Crippen molar-refractivity contribution in [1.29, 1.82) is 0 Å². The molecule has 0 spiro atoms. The summed E-state index contributed by atoms with van der Waals surface area (Å²) in [6.45, 7) is 6.67. The summed E-state index contributed by atoms with van der Waals surface area (Å²) in [5, 5.41) is 3.54. The van der Waals surface area contributed by atoms with Gasteiger partial charge in [-0.2, -0.15) is 0 Å². The number of likely N-dealkylation sites (N-methyl/N-ethyl adjacent to an activating group) is 1. The Labute approximate surface area is 153 Å². The van der Waals surface area contributed by atoms with Crippen molar-refractivity contribution in [3.63, 3.8) is 0 Å². The second-order valence-corrected chi connectivity index (χ2v) is 6.69. The molecule has 1 aromatic heterocycles. The van der Waals surface area contributed by atoms with Gasteiger partial charge in [0, 0.05) is 38.4 Å². The largest absolute Gasteiger partial charge is 0.454 e. The van der Waals surface area contributed by atoms with Gasteiger partial charge >= 0.3 is 0 Å². The van der Waals surface area contributed by atoms with Gasteiger partial charge in [0.2, 0.25) is 6.79 Å². The van der Waals surface area contributed by atoms with E-state index >= 15 is 0 Å². The maximum absolute atomic E-state index is 6.13. The van der Waals surface area contributed by atoms with E-state index < -0.39 is 0 Å². The van der Waals surface area contributed by atoms with Crippen LogP contribution in [0.25, 0.3) is 0 Å². The highest BCUT2D eigenvalue weighted by Gasteiger charge is 2.34. The van der Waals surface area contributed by atoms with Gasteiger partial charge in [-0.1, -0.05) is 19.1 Å². The molecule has 1 aromatic carbocycles. The Morgan fingerprint density at radius 1 is 1.31 bits per heavy atom. The fourth-order valence-corrected chi connectivity index (χ4v) is 3.82. The van der Waals surface area contributed by atoms with Crippen LogP contribution in [0.15, 0.2) is 30.7 Å². The van der Waals surface area contributed by atoms with Gasteiger partial charge in [0.1, 0.15) is 0 Å². The van der Waals surface area contributed by atoms with Crippen LogP contribution < -0.4 is 14.8 Å². The Bertz CT molecular complexity index is 748. The first-order chi connectivity index (χ1) is 12.8. The third-order valence-corrected chi connectivity index (χ3v) is 5.16. The summed E-state index contributed by atoms with van der Waals surface area (Å²) in [4.78, 5) is 6.76. The summed E-state index contributed by atoms with van der Waals surface area (Å²) >= 11 is 0. The van der Waals surface area contributed by atoms with Gasteiger partial charge in [-0.15, -0.1) is 0 Å². The van der Waals surface area contributed by atoms with E-state index in [1.165, 1.54) is 5.69 Å². The number of morpholine rings is 1. The predicted octanol–water partition coefficient (Wildman–Crippen LogP) is 1.70. The number of aromatic nitrogens is 2. The Morgan fingerprint density at radius 2 is 2.23 bits per heavy atom. The van der Waals surface area contributed by atoms with Gasteiger partial charge in [0.15, 0.2) is 11.5 Å². The number of para-hydroxylation sites is 1. The lowest BCUT2D eigenvalue weighted by Crippen LogP contribution is -2.49. The molecule has 2 atom stereocenters. The molecule has 7 nitrogen and oxygen atoms in total. The van der Waals surface area contributed by atoms with Crippen LogP contribution in [0.4, 0.5) is 0 Å². The standard InChI is InChI=1S/C19H26N4O3/c1-3-23-7-8-24-17(18(23)15-10-21-12-22(15)2)11-20-9-14-5-4-6-16-19(14)26-13-25-16/h4-6,10,12,17-18,20H,3,7-9,11,13H2,1-2H3/t17-,18-/m0/s1. The van der Waals surface area contributed by atoms with E-state index in [2.05, 4.69) is 32.8 Å². The summed E-state index contributed by atoms with van der Waals surface area (Å²) in [6, 6.07) is 6.21. The molecule has 2 aromatic rings. The summed E-state index contributed by atoms with van der Waals surface area (Å²) in [5.41, 5.74) is 2.30. The summed E-state index contributed by atoms with van der Waals surface area (Å²) in [6.07, 6.45) is 3.88. The Balaban J connectivity index is 1.44. The molecule has 140 valence electrons. The molecular formula is C19H26N4O3. The highest BCUT2D eigenvalue weighted by molar-refractivity contribution is 5.48. The number of imidazole rings is 1. The number of fused-ring (bicyclic) bond motifs is 1. The number of benzene rings is 1. The molecule has 0 bridgehead atoms. The van der Waals surface area contributed by atoms with E-state index in [9.17, 15) is 0 Å². The van der Waals surface area contributed by atoms with Gasteiger partial charge in [0.05, 0.1) is 30.8 Å². The van der Waals surface area contributed by atoms with Crippen LogP contribution in [0.3, 0.4) is 0 Å². The maximum atomic E-state index is 6.13. The Morgan fingerprint density at radius 3 is 3.04 bits per heavy atom. The lowest BCUT2D eigenvalue weighted by Gasteiger charge is -2.41. The van der Waals surface area contributed by atoms with E-state index in [1.54, 1.807) is 0 Å². The SMILES string of the molecule is CCN1CCO[C@@H](CNCc2cccc3c2OCO3)[C@@H]1c1cncn1C. The lowest BCUT2D eigenvalue weighted by molar-refractivity contribution is -0.0716. The van der Waals surface area contributed by atoms with Crippen LogP contribution in [0.2, 0.25) is 0 Å². The molecule has 0 saturated carbocycles. The topological polar surface area (TPSA) is 60.8 Å². The maximum Gasteiger partial charge on any atom is 0.231 e. The Kier molecular flexibility index (Phi) is 5.10. The molecule has 0 unspecified atom stereocenters. The van der Waals surface area contributed by atoms with Crippen molar-refractivity contribution >= 4 is 0 Å². The second-order valence-electron chi connectivity index (χ2n) is 6.69. The minimum Gasteiger partial charge on any atom is -0.454 e. The normalized spacial score (nSPS) is 22.7. The first-order valence-corrected chi connectivity index (χ1v) is 9.18. The van der Waals surface area contributed by atoms with Crippen LogP contribution in [0, 0.1) is 0 Å². The van der Waals surface area contributed by atoms with E-state index in [-0.39, 0.29) is 12.1 Å². The zero-order valence-corrected chi connectivity index (χ0v) is 15.4. The molecule has 1 saturated heterocycles. The lowest BCUT2D eigenvalue weighted by atomic mass is 10.0. The van der Waals surface area contributed by atoms with Crippen molar-refractivity contribution in [2.75, 3.05) is 33.0 Å². The number of hydrogen-bond acceptors (Lipinski definition) is 6. The zero-order chi connectivity index (χ0) is 17.9. The van der Waals surface area contributed by atoms with E-state index in [1.807, 2.05) is 31.7 Å². The second kappa shape index (κ2) is 7.65. The summed E-state index contributed by atoms with van der Waals surface area (Å²) in [7, 11) is 2.04. The van der Waals surface area contributed by atoms with Gasteiger partial charge in [-0.25, -0.2) is 4.98 Å². The number of nitrogens with one attached hydrogen (secondary N) is 1. The fraction of sp³-hybridized carbons (Fsp3) is 0.526. The average Bonchev–Trinajstić information content (AvgIpc) is 3.30. The number of aryl methyl sites for hydroxylation is 1. The molecule has 0 amide bonds. The number of hydrogen-bond donors (Lipinski definition) is 1. The van der Waals surface area contributed by atoms with Crippen molar-refractivity contribution in [2.24, 2.45) is 7.05 Å². The van der Waals surface area contributed by atoms with Gasteiger partial charge in [-0.05, 0) is 12.6 Å². The number of nitrogens with zero attached hydrogens (tertiary/aromatic N) is 3. The number of ether oxygens (including phenoxy) is 3. The molecule has 1 fully saturated rings. The average molecular weight is 358 g/mol. The van der Waals surface area contributed by atoms with Crippen LogP contribution in [0.5, 0.6) is 11.5 Å². The summed E-state index contributed by atoms with van der Waals surface area (Å²) < 4.78 is 19.3. The zero-order valence-electron chi connectivity index (χ0n) is 15.4. The van der Waals surface area contributed by atoms with Gasteiger partial charge < -0.3 is 24.1 Å². The molecule has 7 heteroatoms. The van der Waals surface area contributed by atoms with Crippen LogP contribution in [0.1, 0.15) is 24.2 Å². The smallest absolute Gasteiger partial charge is 0.231 e. The van der Waals surface area contributed by atoms with Gasteiger partial charge in [0.25, 0.3) is 0 Å². The van der Waals surface area contributed by atoms with E-state index in [0.717, 1.165) is 49.8 Å². The molecule has 2 aliphatic rings. The molecule has 0 aliphatic carbocycles. The van der Waals surface area contributed by atoms with Crippen LogP contribution in [-0.4, -0.2) is 53.6 Å². The molecule has 0 radical (unpaired) electrons. The third kappa shape index (κ3) is 3.30. The van der Waals surface area contributed by atoms with Crippen molar-refractivity contribution in [1.82, 2.24) is 19.8 Å². The van der Waals surface area contributed by atoms with Crippen molar-refractivity contribution in [3.8, 4) is 11.5 Å². The van der Waals surface area contributed by atoms with E-state index in [0.29, 0.717) is 6.79 Å².